The number of hydrogen-bond donors (Lipinski definition) is 1. The van der Waals surface area contributed by atoms with Gasteiger partial charge in [0.2, 0.25) is 0 Å². The molecule has 0 aromatic heterocycles. The third-order valence-electron chi connectivity index (χ3n) is 3.55. The summed E-state index contributed by atoms with van der Waals surface area (Å²) < 4.78 is 5.30. The van der Waals surface area contributed by atoms with E-state index in [0.717, 1.165) is 18.5 Å². The molecule has 0 fully saturated rings. The number of esters is 1. The Morgan fingerprint density at radius 3 is 2.30 bits per heavy atom. The van der Waals surface area contributed by atoms with Crippen LogP contribution in [0.15, 0.2) is 67.3 Å². The Morgan fingerprint density at radius 2 is 1.70 bits per heavy atom. The first kappa shape index (κ1) is 17.0. The molecule has 1 atom stereocenters. The van der Waals surface area contributed by atoms with Crippen LogP contribution in [0.5, 0.6) is 0 Å². The van der Waals surface area contributed by atoms with Gasteiger partial charge in [0.15, 0.2) is 6.23 Å². The summed E-state index contributed by atoms with van der Waals surface area (Å²) in [7, 11) is 0. The first-order chi connectivity index (χ1) is 11.2. The molecule has 0 amide bonds. The van der Waals surface area contributed by atoms with Gasteiger partial charge < -0.3 is 4.74 Å². The summed E-state index contributed by atoms with van der Waals surface area (Å²) in [5.74, 6) is -0.406. The van der Waals surface area contributed by atoms with Gasteiger partial charge in [-0.2, -0.15) is 0 Å². The Morgan fingerprint density at radius 1 is 1.09 bits per heavy atom. The average molecular weight is 309 g/mol. The molecular weight excluding hydrogens is 286 g/mol. The van der Waals surface area contributed by atoms with Gasteiger partial charge in [-0.3, -0.25) is 5.32 Å². The van der Waals surface area contributed by atoms with Gasteiger partial charge in [0.1, 0.15) is 0 Å². The highest BCUT2D eigenvalue weighted by atomic mass is 16.6. The van der Waals surface area contributed by atoms with E-state index in [9.17, 15) is 4.79 Å². The molecule has 1 N–H and O–H groups in total. The summed E-state index contributed by atoms with van der Waals surface area (Å²) in [5.41, 5.74) is 3.69. The zero-order chi connectivity index (χ0) is 16.5. The summed E-state index contributed by atoms with van der Waals surface area (Å²) in [6.45, 7) is 6.15. The van der Waals surface area contributed by atoms with Crippen molar-refractivity contribution < 1.29 is 9.53 Å². The van der Waals surface area contributed by atoms with Gasteiger partial charge >= 0.3 is 5.97 Å². The van der Waals surface area contributed by atoms with Gasteiger partial charge in [-0.05, 0) is 29.7 Å². The van der Waals surface area contributed by atoms with Gasteiger partial charge in [0, 0.05) is 12.5 Å². The zero-order valence-electron chi connectivity index (χ0n) is 13.5. The maximum Gasteiger partial charge on any atom is 0.331 e. The number of likely N-dealkylation sites (N-methyl/N-ethyl adjacent to an activating group) is 1. The van der Waals surface area contributed by atoms with Crippen LogP contribution in [0, 0.1) is 0 Å². The fourth-order valence-electron chi connectivity index (χ4n) is 2.41. The average Bonchev–Trinajstić information content (AvgIpc) is 2.57. The fraction of sp³-hybridized carbons (Fsp3) is 0.250. The molecule has 0 bridgehead atoms. The van der Waals surface area contributed by atoms with Crippen LogP contribution in [-0.4, -0.2) is 18.7 Å². The number of nitrogens with one attached hydrogen (secondary N) is 1. The van der Waals surface area contributed by atoms with E-state index in [1.165, 1.54) is 17.2 Å². The third kappa shape index (κ3) is 5.72. The second-order valence-corrected chi connectivity index (χ2v) is 5.37. The molecule has 2 aromatic carbocycles. The largest absolute Gasteiger partial charge is 0.443 e. The molecule has 0 aliphatic heterocycles. The minimum absolute atomic E-state index is 0.328. The van der Waals surface area contributed by atoms with E-state index in [4.69, 9.17) is 4.74 Å². The van der Waals surface area contributed by atoms with Crippen LogP contribution in [0.25, 0.3) is 0 Å². The fourth-order valence-corrected chi connectivity index (χ4v) is 2.41. The normalized spacial score (nSPS) is 11.7. The van der Waals surface area contributed by atoms with E-state index < -0.39 is 5.97 Å². The highest BCUT2D eigenvalue weighted by Crippen LogP contribution is 2.12. The SMILES string of the molecule is C=CC(=O)OC(Cc1ccc(Cc2ccccc2)cc1)NCC. The second-order valence-electron chi connectivity index (χ2n) is 5.37. The summed E-state index contributed by atoms with van der Waals surface area (Å²) in [6.07, 6.45) is 2.42. The monoisotopic (exact) mass is 309 g/mol. The van der Waals surface area contributed by atoms with E-state index >= 15 is 0 Å². The maximum absolute atomic E-state index is 11.4. The molecule has 2 aromatic rings. The quantitative estimate of drug-likeness (QED) is 0.461. The molecule has 0 saturated heterocycles. The number of ether oxygens (including phenoxy) is 1. The number of rotatable bonds is 8. The van der Waals surface area contributed by atoms with Crippen molar-refractivity contribution in [2.75, 3.05) is 6.54 Å². The first-order valence-electron chi connectivity index (χ1n) is 7.89. The highest BCUT2D eigenvalue weighted by molar-refractivity contribution is 5.81. The number of carbonyl (C=O) groups excluding carboxylic acids is 1. The maximum atomic E-state index is 11.4. The Kier molecular flexibility index (Phi) is 6.57. The predicted molar refractivity (Wildman–Crippen MR) is 93.1 cm³/mol. The molecule has 0 aliphatic carbocycles. The molecule has 0 heterocycles. The molecule has 2 rings (SSSR count). The number of carbonyl (C=O) groups is 1. The molecule has 120 valence electrons. The van der Waals surface area contributed by atoms with Crippen molar-refractivity contribution in [3.8, 4) is 0 Å². The lowest BCUT2D eigenvalue weighted by Crippen LogP contribution is -2.35. The summed E-state index contributed by atoms with van der Waals surface area (Å²) in [5, 5.41) is 3.16. The zero-order valence-corrected chi connectivity index (χ0v) is 13.5. The molecule has 0 spiro atoms. The molecule has 3 nitrogen and oxygen atoms in total. The van der Waals surface area contributed by atoms with Crippen molar-refractivity contribution in [3.63, 3.8) is 0 Å². The Balaban J connectivity index is 1.97. The van der Waals surface area contributed by atoms with Crippen LogP contribution in [0.3, 0.4) is 0 Å². The van der Waals surface area contributed by atoms with Crippen LogP contribution in [-0.2, 0) is 22.4 Å². The molecular formula is C20H23NO2. The van der Waals surface area contributed by atoms with Crippen molar-refractivity contribution in [2.24, 2.45) is 0 Å². The molecule has 0 aliphatic rings. The first-order valence-corrected chi connectivity index (χ1v) is 7.89. The number of hydrogen-bond acceptors (Lipinski definition) is 3. The summed E-state index contributed by atoms with van der Waals surface area (Å²) in [6, 6.07) is 18.8. The van der Waals surface area contributed by atoms with Crippen LogP contribution < -0.4 is 5.32 Å². The summed E-state index contributed by atoms with van der Waals surface area (Å²) >= 11 is 0. The lowest BCUT2D eigenvalue weighted by atomic mass is 10.0. The summed E-state index contributed by atoms with van der Waals surface area (Å²) in [4.78, 5) is 11.4. The standard InChI is InChI=1S/C20H23NO2/c1-3-20(22)23-19(21-4-2)15-18-12-10-17(11-13-18)14-16-8-6-5-7-9-16/h3,5-13,19,21H,1,4,14-15H2,2H3. The predicted octanol–water partition coefficient (Wildman–Crippen LogP) is 3.48. The van der Waals surface area contributed by atoms with Crippen molar-refractivity contribution in [3.05, 3.63) is 83.9 Å². The molecule has 23 heavy (non-hydrogen) atoms. The Bertz CT molecular complexity index is 620. The lowest BCUT2D eigenvalue weighted by Gasteiger charge is -2.18. The van der Waals surface area contributed by atoms with Gasteiger partial charge in [-0.15, -0.1) is 0 Å². The van der Waals surface area contributed by atoms with Crippen LogP contribution in [0.4, 0.5) is 0 Å². The van der Waals surface area contributed by atoms with Crippen molar-refractivity contribution in [2.45, 2.75) is 26.0 Å². The van der Waals surface area contributed by atoms with E-state index in [1.807, 2.05) is 13.0 Å². The Labute approximate surface area is 138 Å². The van der Waals surface area contributed by atoms with Gasteiger partial charge in [0.05, 0.1) is 0 Å². The second kappa shape index (κ2) is 8.91. The molecule has 0 radical (unpaired) electrons. The van der Waals surface area contributed by atoms with Gasteiger partial charge in [0.25, 0.3) is 0 Å². The third-order valence-corrected chi connectivity index (χ3v) is 3.55. The van der Waals surface area contributed by atoms with Crippen molar-refractivity contribution in [1.82, 2.24) is 5.32 Å². The van der Waals surface area contributed by atoms with Crippen molar-refractivity contribution >= 4 is 5.97 Å². The topological polar surface area (TPSA) is 38.3 Å². The van der Waals surface area contributed by atoms with Gasteiger partial charge in [-0.25, -0.2) is 4.79 Å². The highest BCUT2D eigenvalue weighted by Gasteiger charge is 2.12. The van der Waals surface area contributed by atoms with E-state index in [-0.39, 0.29) is 6.23 Å². The van der Waals surface area contributed by atoms with E-state index in [1.54, 1.807) is 0 Å². The van der Waals surface area contributed by atoms with Crippen LogP contribution >= 0.6 is 0 Å². The van der Waals surface area contributed by atoms with E-state index in [0.29, 0.717) is 6.42 Å². The molecule has 0 saturated carbocycles. The Hall–Kier alpha value is -2.39. The van der Waals surface area contributed by atoms with Gasteiger partial charge in [-0.1, -0.05) is 68.1 Å². The lowest BCUT2D eigenvalue weighted by molar-refractivity contribution is -0.144. The van der Waals surface area contributed by atoms with Crippen molar-refractivity contribution in [1.29, 1.82) is 0 Å². The molecule has 1 unspecified atom stereocenters. The van der Waals surface area contributed by atoms with Crippen LogP contribution in [0.2, 0.25) is 0 Å². The minimum Gasteiger partial charge on any atom is -0.443 e. The smallest absolute Gasteiger partial charge is 0.331 e. The molecule has 3 heteroatoms. The van der Waals surface area contributed by atoms with E-state index in [2.05, 4.69) is 60.4 Å². The minimum atomic E-state index is -0.406. The number of benzene rings is 2. The van der Waals surface area contributed by atoms with Crippen LogP contribution in [0.1, 0.15) is 23.6 Å².